The first-order valence-corrected chi connectivity index (χ1v) is 8.15. The smallest absolute Gasteiger partial charge is 0.352 e. The number of carbonyl (C=O) groups excluding carboxylic acids is 1. The van der Waals surface area contributed by atoms with Gasteiger partial charge in [-0.05, 0) is 29.8 Å². The first kappa shape index (κ1) is 19.0. The largest absolute Gasteiger partial charge is 0.476 e. The van der Waals surface area contributed by atoms with E-state index >= 15 is 0 Å². The average molecular weight is 385 g/mol. The second-order valence-electron chi connectivity index (χ2n) is 5.82. The van der Waals surface area contributed by atoms with E-state index in [4.69, 9.17) is 4.74 Å². The van der Waals surface area contributed by atoms with Crippen LogP contribution in [0.1, 0.15) is 12.5 Å². The molecule has 9 nitrogen and oxygen atoms in total. The zero-order valence-electron chi connectivity index (χ0n) is 15.0. The van der Waals surface area contributed by atoms with Crippen LogP contribution in [0.2, 0.25) is 0 Å². The zero-order valence-corrected chi connectivity index (χ0v) is 15.0. The highest BCUT2D eigenvalue weighted by atomic mass is 19.1. The van der Waals surface area contributed by atoms with Crippen molar-refractivity contribution in [3.63, 3.8) is 0 Å². The Balaban J connectivity index is 2.12. The molecule has 3 aromatic rings. The molecular formula is C18H16FN5O4. The Bertz CT molecular complexity index is 1140. The molecule has 2 heterocycles. The second kappa shape index (κ2) is 7.82. The van der Waals surface area contributed by atoms with Gasteiger partial charge in [0.2, 0.25) is 11.9 Å². The lowest BCUT2D eigenvalue weighted by Crippen LogP contribution is -2.41. The molecule has 0 saturated carbocycles. The number of halogens is 1. The van der Waals surface area contributed by atoms with Gasteiger partial charge in [-0.25, -0.2) is 14.3 Å². The summed E-state index contributed by atoms with van der Waals surface area (Å²) in [7, 11) is 1.26. The van der Waals surface area contributed by atoms with E-state index in [9.17, 15) is 18.8 Å². The van der Waals surface area contributed by atoms with Crippen molar-refractivity contribution >= 4 is 11.6 Å². The highest BCUT2D eigenvalue weighted by molar-refractivity contribution is 5.88. The predicted octanol–water partition coefficient (Wildman–Crippen LogP) is 0.944. The number of nitrogens with one attached hydrogen (secondary N) is 1. The minimum absolute atomic E-state index is 0.144. The Labute approximate surface area is 158 Å². The zero-order chi connectivity index (χ0) is 20.3. The molecule has 0 atom stereocenters. The van der Waals surface area contributed by atoms with Crippen LogP contribution < -0.4 is 21.3 Å². The number of nitrogens with zero attached hydrogens (tertiary/aromatic N) is 4. The summed E-state index contributed by atoms with van der Waals surface area (Å²) in [5.74, 6) is -1.24. The number of rotatable bonds is 5. The van der Waals surface area contributed by atoms with Gasteiger partial charge in [0.05, 0.1) is 19.3 Å². The molecule has 0 aliphatic heterocycles. The van der Waals surface area contributed by atoms with Crippen molar-refractivity contribution in [2.24, 2.45) is 0 Å². The van der Waals surface area contributed by atoms with E-state index in [-0.39, 0.29) is 18.3 Å². The lowest BCUT2D eigenvalue weighted by atomic mass is 10.2. The fraction of sp³-hybridized carbons (Fsp3) is 0.167. The summed E-state index contributed by atoms with van der Waals surface area (Å²) in [5.41, 5.74) is -0.229. The van der Waals surface area contributed by atoms with Gasteiger partial charge in [0.1, 0.15) is 0 Å². The van der Waals surface area contributed by atoms with Crippen LogP contribution in [0.25, 0.3) is 5.69 Å². The second-order valence-corrected chi connectivity index (χ2v) is 5.82. The van der Waals surface area contributed by atoms with Crippen molar-refractivity contribution < 1.29 is 13.9 Å². The number of anilines is 1. The molecule has 0 unspecified atom stereocenters. The number of amides is 1. The Morgan fingerprint density at radius 2 is 2.04 bits per heavy atom. The molecule has 10 heteroatoms. The van der Waals surface area contributed by atoms with Crippen LogP contribution in [-0.2, 0) is 11.3 Å². The first-order valence-electron chi connectivity index (χ1n) is 8.15. The minimum Gasteiger partial charge on any atom is -0.476 e. The van der Waals surface area contributed by atoms with Gasteiger partial charge >= 0.3 is 11.2 Å². The van der Waals surface area contributed by atoms with Crippen molar-refractivity contribution in [2.75, 3.05) is 12.4 Å². The lowest BCUT2D eigenvalue weighted by molar-refractivity contribution is -0.114. The maximum atomic E-state index is 13.0. The summed E-state index contributed by atoms with van der Waals surface area (Å²) in [6.07, 6.45) is 1.23. The van der Waals surface area contributed by atoms with Gasteiger partial charge in [-0.1, -0.05) is 12.1 Å². The highest BCUT2D eigenvalue weighted by Gasteiger charge is 2.16. The van der Waals surface area contributed by atoms with E-state index in [2.05, 4.69) is 15.4 Å². The molecular weight excluding hydrogens is 369 g/mol. The van der Waals surface area contributed by atoms with Gasteiger partial charge in [0.25, 0.3) is 5.88 Å². The van der Waals surface area contributed by atoms with Crippen LogP contribution in [0.4, 0.5) is 10.1 Å². The maximum absolute atomic E-state index is 13.0. The molecule has 0 radical (unpaired) electrons. The Kier molecular flexibility index (Phi) is 5.30. The molecule has 0 bridgehead atoms. The molecule has 1 N–H and O–H groups in total. The van der Waals surface area contributed by atoms with Crippen LogP contribution in [-0.4, -0.2) is 32.3 Å². The van der Waals surface area contributed by atoms with Crippen molar-refractivity contribution in [1.82, 2.24) is 19.3 Å². The van der Waals surface area contributed by atoms with E-state index < -0.39 is 17.2 Å². The molecule has 28 heavy (non-hydrogen) atoms. The molecule has 144 valence electrons. The van der Waals surface area contributed by atoms with Crippen LogP contribution >= 0.6 is 0 Å². The van der Waals surface area contributed by atoms with Crippen LogP contribution in [0.3, 0.4) is 0 Å². The fourth-order valence-electron chi connectivity index (χ4n) is 2.53. The molecule has 0 aliphatic rings. The molecule has 0 spiro atoms. The van der Waals surface area contributed by atoms with Crippen molar-refractivity contribution in [1.29, 1.82) is 0 Å². The SMILES string of the molecule is COc1nn(-c2cccc(NC(C)=O)c2)c(=O)n(Cc2ccc(F)nc2)c1=O. The number of hydrogen-bond donors (Lipinski definition) is 1. The molecule has 1 amide bonds. The monoisotopic (exact) mass is 385 g/mol. The number of hydrogen-bond acceptors (Lipinski definition) is 6. The number of aromatic nitrogens is 4. The molecule has 0 fully saturated rings. The summed E-state index contributed by atoms with van der Waals surface area (Å²) in [6.45, 7) is 1.21. The minimum atomic E-state index is -0.730. The number of ether oxygens (including phenoxy) is 1. The third kappa shape index (κ3) is 3.95. The van der Waals surface area contributed by atoms with E-state index in [1.54, 1.807) is 18.2 Å². The van der Waals surface area contributed by atoms with Gasteiger partial charge in [0, 0.05) is 18.8 Å². The number of carbonyl (C=O) groups is 1. The molecule has 0 aliphatic carbocycles. The summed E-state index contributed by atoms with van der Waals surface area (Å²) in [6, 6.07) is 8.95. The number of pyridine rings is 1. The lowest BCUT2D eigenvalue weighted by Gasteiger charge is -2.12. The quantitative estimate of drug-likeness (QED) is 0.655. The van der Waals surface area contributed by atoms with E-state index in [0.29, 0.717) is 16.9 Å². The van der Waals surface area contributed by atoms with Crippen LogP contribution in [0.15, 0.2) is 52.2 Å². The molecule has 1 aromatic carbocycles. The fourth-order valence-corrected chi connectivity index (χ4v) is 2.53. The van der Waals surface area contributed by atoms with Gasteiger partial charge in [-0.3, -0.25) is 9.59 Å². The van der Waals surface area contributed by atoms with E-state index in [1.807, 2.05) is 0 Å². The summed E-state index contributed by atoms with van der Waals surface area (Å²) in [4.78, 5) is 40.2. The maximum Gasteiger partial charge on any atom is 0.352 e. The summed E-state index contributed by atoms with van der Waals surface area (Å²) < 4.78 is 19.9. The van der Waals surface area contributed by atoms with Gasteiger partial charge in [-0.15, -0.1) is 5.10 Å². The normalized spacial score (nSPS) is 10.5. The van der Waals surface area contributed by atoms with Crippen LogP contribution in [0, 0.1) is 5.95 Å². The number of benzene rings is 1. The molecule has 0 saturated heterocycles. The standard InChI is InChI=1S/C18H16FN5O4/c1-11(25)21-13-4-3-5-14(8-13)24-18(27)23(17(26)16(22-24)28-2)10-12-6-7-15(19)20-9-12/h3-9H,10H2,1-2H3,(H,21,25). The van der Waals surface area contributed by atoms with E-state index in [1.165, 1.54) is 32.4 Å². The first-order chi connectivity index (χ1) is 13.4. The van der Waals surface area contributed by atoms with Crippen molar-refractivity contribution in [2.45, 2.75) is 13.5 Å². The highest BCUT2D eigenvalue weighted by Crippen LogP contribution is 2.13. The third-order valence-electron chi connectivity index (χ3n) is 3.76. The summed E-state index contributed by atoms with van der Waals surface area (Å²) >= 11 is 0. The predicted molar refractivity (Wildman–Crippen MR) is 98.2 cm³/mol. The van der Waals surface area contributed by atoms with Gasteiger partial charge in [-0.2, -0.15) is 9.07 Å². The van der Waals surface area contributed by atoms with Crippen molar-refractivity contribution in [3.05, 3.63) is 74.9 Å². The van der Waals surface area contributed by atoms with E-state index in [0.717, 1.165) is 15.3 Å². The average Bonchev–Trinajstić information content (AvgIpc) is 2.66. The molecule has 2 aromatic heterocycles. The molecule has 3 rings (SSSR count). The van der Waals surface area contributed by atoms with Gasteiger partial charge < -0.3 is 10.1 Å². The topological polar surface area (TPSA) is 108 Å². The van der Waals surface area contributed by atoms with Crippen LogP contribution in [0.5, 0.6) is 5.88 Å². The Morgan fingerprint density at radius 3 is 2.68 bits per heavy atom. The Morgan fingerprint density at radius 1 is 1.25 bits per heavy atom. The van der Waals surface area contributed by atoms with Gasteiger partial charge in [0.15, 0.2) is 0 Å². The number of methoxy groups -OCH3 is 1. The third-order valence-corrected chi connectivity index (χ3v) is 3.76. The Hall–Kier alpha value is -3.82. The summed E-state index contributed by atoms with van der Waals surface area (Å²) in [5, 5.41) is 6.57. The van der Waals surface area contributed by atoms with Crippen molar-refractivity contribution in [3.8, 4) is 11.6 Å².